The van der Waals surface area contributed by atoms with Gasteiger partial charge in [-0.25, -0.2) is 8.42 Å². The molecule has 1 saturated heterocycles. The summed E-state index contributed by atoms with van der Waals surface area (Å²) in [6.45, 7) is 1.01. The molecule has 10 heteroatoms. The number of halogens is 2. The fraction of sp³-hybridized carbons (Fsp3) is 0.571. The molecule has 0 amide bonds. The SMILES string of the molecule is O=[N+]([O-])c1cc(S(=O)(=O)N2CCCC2)ccc1OC[C@@H]1CC1(Cl)Cl. The van der Waals surface area contributed by atoms with E-state index in [4.69, 9.17) is 27.9 Å². The second kappa shape index (κ2) is 6.33. The van der Waals surface area contributed by atoms with Crippen LogP contribution < -0.4 is 4.74 Å². The van der Waals surface area contributed by atoms with E-state index in [1.807, 2.05) is 0 Å². The van der Waals surface area contributed by atoms with Crippen molar-refractivity contribution in [3.8, 4) is 5.75 Å². The second-order valence-corrected chi connectivity index (χ2v) is 9.45. The van der Waals surface area contributed by atoms with Crippen LogP contribution in [0.1, 0.15) is 19.3 Å². The fourth-order valence-electron chi connectivity index (χ4n) is 2.64. The van der Waals surface area contributed by atoms with Gasteiger partial charge < -0.3 is 4.74 Å². The first-order valence-corrected chi connectivity index (χ1v) is 9.70. The Bertz CT molecular complexity index is 762. The number of alkyl halides is 2. The zero-order valence-corrected chi connectivity index (χ0v) is 15.0. The maximum atomic E-state index is 12.5. The highest BCUT2D eigenvalue weighted by atomic mass is 35.5. The summed E-state index contributed by atoms with van der Waals surface area (Å²) in [4.78, 5) is 10.5. The Kier molecular flexibility index (Phi) is 4.67. The summed E-state index contributed by atoms with van der Waals surface area (Å²) >= 11 is 11.8. The fourth-order valence-corrected chi connectivity index (χ4v) is 4.68. The molecule has 0 spiro atoms. The molecule has 0 unspecified atom stereocenters. The molecule has 0 bridgehead atoms. The monoisotopic (exact) mass is 394 g/mol. The summed E-state index contributed by atoms with van der Waals surface area (Å²) in [6, 6.07) is 3.69. The lowest BCUT2D eigenvalue weighted by atomic mass is 10.3. The van der Waals surface area contributed by atoms with E-state index in [-0.39, 0.29) is 28.9 Å². The predicted molar refractivity (Wildman–Crippen MR) is 89.1 cm³/mol. The molecule has 3 rings (SSSR count). The Morgan fingerprint density at radius 3 is 2.50 bits per heavy atom. The highest BCUT2D eigenvalue weighted by molar-refractivity contribution is 7.89. The van der Waals surface area contributed by atoms with Crippen molar-refractivity contribution < 1.29 is 18.1 Å². The molecular formula is C14H16Cl2N2O5S. The number of benzene rings is 1. The van der Waals surface area contributed by atoms with E-state index in [9.17, 15) is 18.5 Å². The van der Waals surface area contributed by atoms with Crippen LogP contribution in [0, 0.1) is 16.0 Å². The molecule has 0 radical (unpaired) electrons. The van der Waals surface area contributed by atoms with E-state index in [1.165, 1.54) is 16.4 Å². The number of hydrogen-bond acceptors (Lipinski definition) is 5. The highest BCUT2D eigenvalue weighted by Gasteiger charge is 2.52. The third kappa shape index (κ3) is 3.46. The van der Waals surface area contributed by atoms with Crippen molar-refractivity contribution in [3.63, 3.8) is 0 Å². The molecule has 1 heterocycles. The van der Waals surface area contributed by atoms with E-state index in [0.717, 1.165) is 18.9 Å². The summed E-state index contributed by atoms with van der Waals surface area (Å²) in [6.07, 6.45) is 2.15. The van der Waals surface area contributed by atoms with E-state index in [1.54, 1.807) is 0 Å². The summed E-state index contributed by atoms with van der Waals surface area (Å²) in [5.41, 5.74) is -0.384. The van der Waals surface area contributed by atoms with Gasteiger partial charge in [-0.1, -0.05) is 0 Å². The van der Waals surface area contributed by atoms with E-state index >= 15 is 0 Å². The first kappa shape index (κ1) is 17.7. The molecule has 2 fully saturated rings. The number of rotatable bonds is 6. The maximum Gasteiger partial charge on any atom is 0.312 e. The van der Waals surface area contributed by atoms with Crippen molar-refractivity contribution >= 4 is 38.9 Å². The van der Waals surface area contributed by atoms with Crippen LogP contribution in [0.5, 0.6) is 5.75 Å². The van der Waals surface area contributed by atoms with Gasteiger partial charge in [0.2, 0.25) is 10.0 Å². The molecule has 132 valence electrons. The van der Waals surface area contributed by atoms with Gasteiger partial charge in [0, 0.05) is 25.1 Å². The lowest BCUT2D eigenvalue weighted by Crippen LogP contribution is -2.27. The first-order valence-electron chi connectivity index (χ1n) is 7.51. The van der Waals surface area contributed by atoms with Gasteiger partial charge in [0.25, 0.3) is 0 Å². The number of sulfonamides is 1. The molecule has 7 nitrogen and oxygen atoms in total. The largest absolute Gasteiger partial charge is 0.486 e. The van der Waals surface area contributed by atoms with Gasteiger partial charge in [0.05, 0.1) is 16.4 Å². The summed E-state index contributed by atoms with van der Waals surface area (Å²) in [5, 5.41) is 11.3. The molecule has 2 aliphatic rings. The average molecular weight is 395 g/mol. The Morgan fingerprint density at radius 2 is 1.96 bits per heavy atom. The van der Waals surface area contributed by atoms with Gasteiger partial charge in [-0.05, 0) is 31.4 Å². The van der Waals surface area contributed by atoms with Crippen molar-refractivity contribution in [1.82, 2.24) is 4.31 Å². The number of nitrogens with zero attached hydrogens (tertiary/aromatic N) is 2. The minimum Gasteiger partial charge on any atom is -0.486 e. The maximum absolute atomic E-state index is 12.5. The molecule has 1 aromatic carbocycles. The number of nitro groups is 1. The van der Waals surface area contributed by atoms with Gasteiger partial charge in [-0.15, -0.1) is 23.2 Å². The summed E-state index contributed by atoms with van der Waals surface area (Å²) in [7, 11) is -3.72. The molecule has 1 aliphatic carbocycles. The highest BCUT2D eigenvalue weighted by Crippen LogP contribution is 2.53. The Labute approximate surface area is 149 Å². The van der Waals surface area contributed by atoms with Gasteiger partial charge >= 0.3 is 5.69 Å². The first-order chi connectivity index (χ1) is 11.2. The zero-order valence-electron chi connectivity index (χ0n) is 12.7. The summed E-state index contributed by atoms with van der Waals surface area (Å²) in [5.74, 6) is -0.0788. The molecule has 0 aromatic heterocycles. The van der Waals surface area contributed by atoms with Crippen molar-refractivity contribution in [2.45, 2.75) is 28.5 Å². The second-order valence-electron chi connectivity index (χ2n) is 5.97. The van der Waals surface area contributed by atoms with E-state index in [2.05, 4.69) is 0 Å². The Hall–Kier alpha value is -1.09. The molecule has 1 aromatic rings. The lowest BCUT2D eigenvalue weighted by molar-refractivity contribution is -0.386. The van der Waals surface area contributed by atoms with E-state index < -0.39 is 19.3 Å². The minimum absolute atomic E-state index is 0.0106. The molecule has 1 atom stereocenters. The van der Waals surface area contributed by atoms with Gasteiger partial charge in [0.15, 0.2) is 5.75 Å². The minimum atomic E-state index is -3.72. The third-order valence-electron chi connectivity index (χ3n) is 4.23. The third-order valence-corrected chi connectivity index (χ3v) is 7.05. The number of nitro benzene ring substituents is 1. The van der Waals surface area contributed by atoms with Gasteiger partial charge in [-0.3, -0.25) is 10.1 Å². The topological polar surface area (TPSA) is 89.8 Å². The van der Waals surface area contributed by atoms with Crippen LogP contribution in [-0.2, 0) is 10.0 Å². The van der Waals surface area contributed by atoms with Crippen molar-refractivity contribution in [3.05, 3.63) is 28.3 Å². The molecule has 1 aliphatic heterocycles. The zero-order chi connectivity index (χ0) is 17.5. The predicted octanol–water partition coefficient (Wildman–Crippen LogP) is 2.95. The smallest absolute Gasteiger partial charge is 0.312 e. The lowest BCUT2D eigenvalue weighted by Gasteiger charge is -2.16. The van der Waals surface area contributed by atoms with Crippen LogP contribution in [0.2, 0.25) is 0 Å². The quantitative estimate of drug-likeness (QED) is 0.420. The normalized spacial score (nSPS) is 23.2. The molecule has 1 saturated carbocycles. The number of hydrogen-bond donors (Lipinski definition) is 0. The molecular weight excluding hydrogens is 379 g/mol. The van der Waals surface area contributed by atoms with Gasteiger partial charge in [0.1, 0.15) is 4.33 Å². The van der Waals surface area contributed by atoms with Crippen LogP contribution >= 0.6 is 23.2 Å². The van der Waals surface area contributed by atoms with Crippen LogP contribution in [0.4, 0.5) is 5.69 Å². The Morgan fingerprint density at radius 1 is 1.33 bits per heavy atom. The number of ether oxygens (including phenoxy) is 1. The summed E-state index contributed by atoms with van der Waals surface area (Å²) < 4.78 is 31.0. The van der Waals surface area contributed by atoms with Crippen molar-refractivity contribution in [2.24, 2.45) is 5.92 Å². The van der Waals surface area contributed by atoms with Crippen LogP contribution in [0.25, 0.3) is 0 Å². The van der Waals surface area contributed by atoms with E-state index in [0.29, 0.717) is 19.5 Å². The van der Waals surface area contributed by atoms with Crippen LogP contribution in [-0.4, -0.2) is 41.7 Å². The van der Waals surface area contributed by atoms with Gasteiger partial charge in [-0.2, -0.15) is 4.31 Å². The molecule has 24 heavy (non-hydrogen) atoms. The Balaban J connectivity index is 1.83. The molecule has 0 N–H and O–H groups in total. The van der Waals surface area contributed by atoms with Crippen LogP contribution in [0.15, 0.2) is 23.1 Å². The van der Waals surface area contributed by atoms with Crippen molar-refractivity contribution in [1.29, 1.82) is 0 Å². The standard InChI is InChI=1S/C14H16Cl2N2O5S/c15-14(16)8-10(14)9-23-13-4-3-11(7-12(13)18(19)20)24(21,22)17-5-1-2-6-17/h3-4,7,10H,1-2,5-6,8-9H2/t10-/m0/s1. The van der Waals surface area contributed by atoms with Crippen LogP contribution in [0.3, 0.4) is 0 Å². The van der Waals surface area contributed by atoms with Crippen molar-refractivity contribution in [2.75, 3.05) is 19.7 Å². The average Bonchev–Trinajstić information content (AvgIpc) is 2.94.